The van der Waals surface area contributed by atoms with Gasteiger partial charge in [-0.25, -0.2) is 0 Å². The SMILES string of the molecule is O=C(CCS)c1ccccc1.O=C(CCS[C@]12CCCN1C(=O)[C@@]1(SCCC(=O)c3ccccc3)CCCN1C2=O)c1ccccc1.O=C1N2CCC[C@@]2(O)C(=O)N2CCC[C@@]12O. The Bertz CT molecular complexity index is 2080. The van der Waals surface area contributed by atoms with Gasteiger partial charge in [0, 0.05) is 86.5 Å². The van der Waals surface area contributed by atoms with Gasteiger partial charge in [0.2, 0.25) is 11.4 Å². The van der Waals surface area contributed by atoms with Gasteiger partial charge in [-0.2, -0.15) is 12.6 Å². The number of carbonyl (C=O) groups is 7. The first-order chi connectivity index (χ1) is 30.3. The van der Waals surface area contributed by atoms with E-state index in [0.29, 0.717) is 99.5 Å². The highest BCUT2D eigenvalue weighted by Crippen LogP contribution is 2.53. The lowest BCUT2D eigenvalue weighted by Crippen LogP contribution is -2.73. The van der Waals surface area contributed by atoms with Gasteiger partial charge in [-0.1, -0.05) is 91.0 Å². The van der Waals surface area contributed by atoms with Crippen LogP contribution in [0.1, 0.15) is 102 Å². The van der Waals surface area contributed by atoms with Crippen LogP contribution in [0.5, 0.6) is 0 Å². The molecule has 6 aliphatic heterocycles. The molecule has 9 rings (SSSR count). The molecule has 0 saturated carbocycles. The molecular weight excluding hydrogens is 861 g/mol. The Kier molecular flexibility index (Phi) is 14.6. The maximum Gasteiger partial charge on any atom is 0.278 e. The monoisotopic (exact) mass is 914 g/mol. The fourth-order valence-electron chi connectivity index (χ4n) is 9.46. The molecule has 13 nitrogen and oxygen atoms in total. The molecule has 2 N–H and O–H groups in total. The van der Waals surface area contributed by atoms with Gasteiger partial charge < -0.3 is 29.8 Å². The van der Waals surface area contributed by atoms with Crippen LogP contribution in [0.15, 0.2) is 91.0 Å². The second-order valence-corrected chi connectivity index (χ2v) is 19.7. The van der Waals surface area contributed by atoms with Crippen molar-refractivity contribution in [3.05, 3.63) is 108 Å². The summed E-state index contributed by atoms with van der Waals surface area (Å²) in [5.74, 6) is 0.807. The predicted molar refractivity (Wildman–Crippen MR) is 244 cm³/mol. The molecule has 6 fully saturated rings. The standard InChI is InChI=1S/C28H30N2O4S2.C10H14N2O4.C9H10OS/c31-23(21-9-3-1-4-10-21)13-19-35-27-15-7-17-29(27)26(34)28(16-8-18-30(28)25(27)33)36-20-14-24(32)22-11-5-2-6-12-22;13-7-9(15)3-1-5-11(9)8(14)10(16)4-2-6-12(7)10;10-9(6-7-11)8-4-2-1-3-5-8/h1-6,9-12H,7-8,13-20H2;15-16H,1-6H2;1-5,11H,6-7H2/t27-,28-;9-,10-;/m01./s1. The second-order valence-electron chi connectivity index (χ2n) is 16.5. The first-order valence-corrected chi connectivity index (χ1v) is 24.3. The van der Waals surface area contributed by atoms with E-state index in [0.717, 1.165) is 28.2 Å². The number of amides is 4. The lowest BCUT2D eigenvalue weighted by molar-refractivity contribution is -0.221. The maximum absolute atomic E-state index is 14.0. The normalized spacial score (nSPS) is 26.8. The van der Waals surface area contributed by atoms with Crippen LogP contribution in [-0.2, 0) is 19.2 Å². The molecule has 6 heterocycles. The molecule has 4 atom stereocenters. The van der Waals surface area contributed by atoms with Crippen LogP contribution in [0, 0.1) is 0 Å². The molecule has 0 spiro atoms. The number of thiol groups is 1. The van der Waals surface area contributed by atoms with Gasteiger partial charge in [0.25, 0.3) is 23.6 Å². The quantitative estimate of drug-likeness (QED) is 0.147. The van der Waals surface area contributed by atoms with Crippen molar-refractivity contribution in [2.45, 2.75) is 91.8 Å². The van der Waals surface area contributed by atoms with Gasteiger partial charge in [-0.15, -0.1) is 23.5 Å². The highest BCUT2D eigenvalue weighted by atomic mass is 32.2. The Morgan fingerprint density at radius 1 is 0.476 bits per heavy atom. The van der Waals surface area contributed by atoms with Crippen molar-refractivity contribution >= 4 is 77.1 Å². The number of fused-ring (bicyclic) bond motifs is 4. The molecule has 334 valence electrons. The van der Waals surface area contributed by atoms with E-state index in [9.17, 15) is 43.8 Å². The lowest BCUT2D eigenvalue weighted by atomic mass is 10.00. The first-order valence-electron chi connectivity index (χ1n) is 21.7. The minimum absolute atomic E-state index is 0.00357. The fraction of sp³-hybridized carbons (Fsp3) is 0.468. The summed E-state index contributed by atoms with van der Waals surface area (Å²) >= 11 is 6.90. The lowest BCUT2D eigenvalue weighted by Gasteiger charge is -2.52. The molecule has 3 aromatic carbocycles. The van der Waals surface area contributed by atoms with E-state index in [1.54, 1.807) is 34.1 Å². The molecular formula is C47H54N4O9S3. The summed E-state index contributed by atoms with van der Waals surface area (Å²) < 4.78 is 0. The van der Waals surface area contributed by atoms with Crippen LogP contribution in [0.3, 0.4) is 0 Å². The molecule has 4 amide bonds. The molecule has 0 radical (unpaired) electrons. The summed E-state index contributed by atoms with van der Waals surface area (Å²) in [6.07, 6.45) is 5.69. The summed E-state index contributed by atoms with van der Waals surface area (Å²) in [5.41, 5.74) is -1.28. The number of nitrogens with zero attached hydrogens (tertiary/aromatic N) is 4. The molecule has 3 aromatic rings. The van der Waals surface area contributed by atoms with E-state index in [4.69, 9.17) is 0 Å². The Morgan fingerprint density at radius 3 is 1.14 bits per heavy atom. The number of ketones is 3. The number of thioether (sulfide) groups is 2. The van der Waals surface area contributed by atoms with Crippen molar-refractivity contribution in [2.75, 3.05) is 43.4 Å². The molecule has 6 saturated heterocycles. The number of hydrogen-bond acceptors (Lipinski definition) is 12. The third-order valence-corrected chi connectivity index (χ3v) is 15.9. The van der Waals surface area contributed by atoms with Gasteiger partial charge in [0.1, 0.15) is 0 Å². The average molecular weight is 915 g/mol. The number of carbonyl (C=O) groups excluding carboxylic acids is 7. The molecule has 0 unspecified atom stereocenters. The molecule has 0 aliphatic carbocycles. The topological polar surface area (TPSA) is 173 Å². The maximum atomic E-state index is 14.0. The van der Waals surface area contributed by atoms with Crippen molar-refractivity contribution in [1.82, 2.24) is 19.6 Å². The van der Waals surface area contributed by atoms with Crippen LogP contribution < -0.4 is 0 Å². The molecule has 6 aliphatic rings. The van der Waals surface area contributed by atoms with Gasteiger partial charge in [0.15, 0.2) is 27.1 Å². The minimum Gasteiger partial charge on any atom is -0.363 e. The Labute approximate surface area is 381 Å². The summed E-state index contributed by atoms with van der Waals surface area (Å²) in [5, 5.41) is 20.4. The van der Waals surface area contributed by atoms with E-state index in [2.05, 4.69) is 12.6 Å². The van der Waals surface area contributed by atoms with Crippen LogP contribution >= 0.6 is 36.2 Å². The Morgan fingerprint density at radius 2 is 0.794 bits per heavy atom. The summed E-state index contributed by atoms with van der Waals surface area (Å²) in [6, 6.07) is 27.7. The number of piperazine rings is 2. The Hall–Kier alpha value is -4.48. The smallest absolute Gasteiger partial charge is 0.278 e. The van der Waals surface area contributed by atoms with E-state index in [1.807, 2.05) is 66.7 Å². The molecule has 0 aromatic heterocycles. The number of Topliss-reactive ketones (excluding diaryl/α,β-unsaturated/α-hetero) is 3. The number of rotatable bonds is 13. The van der Waals surface area contributed by atoms with Crippen molar-refractivity contribution in [3.63, 3.8) is 0 Å². The Balaban J connectivity index is 0.000000179. The third-order valence-electron chi connectivity index (χ3n) is 12.7. The zero-order valence-electron chi connectivity index (χ0n) is 35.2. The second kappa shape index (κ2) is 19.7. The van der Waals surface area contributed by atoms with Gasteiger partial charge in [-0.3, -0.25) is 33.6 Å². The fourth-order valence-corrected chi connectivity index (χ4v) is 12.6. The average Bonchev–Trinajstić information content (AvgIpc) is 4.13. The van der Waals surface area contributed by atoms with Crippen molar-refractivity contribution in [1.29, 1.82) is 0 Å². The molecule has 63 heavy (non-hydrogen) atoms. The summed E-state index contributed by atoms with van der Waals surface area (Å²) in [4.78, 5) is 92.6. The van der Waals surface area contributed by atoms with Crippen LogP contribution in [0.4, 0.5) is 0 Å². The van der Waals surface area contributed by atoms with E-state index in [1.165, 1.54) is 23.5 Å². The number of hydrogen-bond donors (Lipinski definition) is 3. The van der Waals surface area contributed by atoms with Gasteiger partial charge >= 0.3 is 0 Å². The van der Waals surface area contributed by atoms with E-state index >= 15 is 0 Å². The van der Waals surface area contributed by atoms with Crippen LogP contribution in [0.2, 0.25) is 0 Å². The highest BCUT2D eigenvalue weighted by Gasteiger charge is 2.67. The summed E-state index contributed by atoms with van der Waals surface area (Å²) in [6.45, 7) is 1.81. The van der Waals surface area contributed by atoms with Gasteiger partial charge in [0.05, 0.1) is 0 Å². The first kappa shape index (κ1) is 46.5. The van der Waals surface area contributed by atoms with E-state index < -0.39 is 33.0 Å². The van der Waals surface area contributed by atoms with Gasteiger partial charge in [-0.05, 0) is 44.3 Å². The van der Waals surface area contributed by atoms with Crippen molar-refractivity contribution in [2.24, 2.45) is 0 Å². The number of aliphatic hydroxyl groups is 2. The van der Waals surface area contributed by atoms with Crippen molar-refractivity contribution in [3.8, 4) is 0 Å². The third kappa shape index (κ3) is 8.98. The number of benzene rings is 3. The zero-order chi connectivity index (χ0) is 44.8. The van der Waals surface area contributed by atoms with Crippen LogP contribution in [0.25, 0.3) is 0 Å². The van der Waals surface area contributed by atoms with Crippen molar-refractivity contribution < 1.29 is 43.8 Å². The van der Waals surface area contributed by atoms with Crippen LogP contribution in [-0.4, -0.2) is 135 Å². The minimum atomic E-state index is -1.70. The highest BCUT2D eigenvalue weighted by molar-refractivity contribution is 8.02. The molecule has 16 heteroatoms. The zero-order valence-corrected chi connectivity index (χ0v) is 37.7. The largest absolute Gasteiger partial charge is 0.363 e. The molecule has 0 bridgehead atoms. The van der Waals surface area contributed by atoms with E-state index in [-0.39, 0.29) is 42.0 Å². The predicted octanol–water partition coefficient (Wildman–Crippen LogP) is 5.46. The summed E-state index contributed by atoms with van der Waals surface area (Å²) in [7, 11) is 0.